The van der Waals surface area contributed by atoms with E-state index in [2.05, 4.69) is 5.32 Å². The summed E-state index contributed by atoms with van der Waals surface area (Å²) in [4.78, 5) is 0. The average molecular weight is 241 g/mol. The molecule has 1 rings (SSSR count). The van der Waals surface area contributed by atoms with Crippen molar-refractivity contribution in [2.45, 2.75) is 13.8 Å². The van der Waals surface area contributed by atoms with Crippen LogP contribution in [0.4, 0.5) is 4.39 Å². The Bertz CT molecular complexity index is 331. The number of hydrogen-bond acceptors (Lipinski definition) is 3. The Kier molecular flexibility index (Phi) is 6.58. The Morgan fingerprint density at radius 1 is 1.24 bits per heavy atom. The number of ether oxygens (including phenoxy) is 2. The average Bonchev–Trinajstić information content (AvgIpc) is 2.32. The van der Waals surface area contributed by atoms with E-state index in [1.807, 2.05) is 6.92 Å². The lowest BCUT2D eigenvalue weighted by atomic mass is 10.2. The number of hydrogen-bond donors (Lipinski definition) is 1. The molecule has 0 saturated heterocycles. The fourth-order valence-corrected chi connectivity index (χ4v) is 1.32. The lowest BCUT2D eigenvalue weighted by molar-refractivity contribution is 0.148. The molecule has 0 fully saturated rings. The minimum Gasteiger partial charge on any atom is -0.492 e. The van der Waals surface area contributed by atoms with Gasteiger partial charge in [0, 0.05) is 25.8 Å². The molecule has 0 bridgehead atoms. The summed E-state index contributed by atoms with van der Waals surface area (Å²) in [6, 6.07) is 4.90. The van der Waals surface area contributed by atoms with Gasteiger partial charge in [-0.15, -0.1) is 0 Å². The predicted molar refractivity (Wildman–Crippen MR) is 66.0 cm³/mol. The van der Waals surface area contributed by atoms with Crippen LogP contribution in [0, 0.1) is 12.7 Å². The summed E-state index contributed by atoms with van der Waals surface area (Å²) in [5.74, 6) is 0.339. The van der Waals surface area contributed by atoms with E-state index >= 15 is 0 Å². The summed E-state index contributed by atoms with van der Waals surface area (Å²) in [5, 5.41) is 3.17. The van der Waals surface area contributed by atoms with Gasteiger partial charge in [-0.05, 0) is 25.5 Å². The Morgan fingerprint density at radius 2 is 2.00 bits per heavy atom. The number of aryl methyl sites for hydroxylation is 1. The minimum atomic E-state index is -0.230. The van der Waals surface area contributed by atoms with Gasteiger partial charge in [-0.25, -0.2) is 4.39 Å². The van der Waals surface area contributed by atoms with Gasteiger partial charge in [0.05, 0.1) is 6.61 Å². The molecule has 0 aliphatic heterocycles. The molecule has 96 valence electrons. The summed E-state index contributed by atoms with van der Waals surface area (Å²) in [6.07, 6.45) is 0. The molecule has 3 nitrogen and oxygen atoms in total. The molecule has 0 aliphatic rings. The molecule has 0 aliphatic carbocycles. The molecule has 1 aromatic carbocycles. The molecule has 0 radical (unpaired) electrons. The summed E-state index contributed by atoms with van der Waals surface area (Å²) >= 11 is 0. The van der Waals surface area contributed by atoms with Crippen molar-refractivity contribution in [3.8, 4) is 5.75 Å². The van der Waals surface area contributed by atoms with E-state index in [0.717, 1.165) is 19.7 Å². The van der Waals surface area contributed by atoms with Crippen molar-refractivity contribution in [2.75, 3.05) is 32.9 Å². The van der Waals surface area contributed by atoms with Crippen LogP contribution in [0.5, 0.6) is 5.75 Å². The van der Waals surface area contributed by atoms with Crippen LogP contribution in [-0.4, -0.2) is 32.9 Å². The van der Waals surface area contributed by atoms with Gasteiger partial charge >= 0.3 is 0 Å². The summed E-state index contributed by atoms with van der Waals surface area (Å²) < 4.78 is 23.8. The molecular weight excluding hydrogens is 221 g/mol. The van der Waals surface area contributed by atoms with Crippen molar-refractivity contribution in [3.05, 3.63) is 29.6 Å². The molecule has 0 aromatic heterocycles. The van der Waals surface area contributed by atoms with Crippen LogP contribution in [-0.2, 0) is 4.74 Å². The zero-order valence-corrected chi connectivity index (χ0v) is 10.5. The smallest absolute Gasteiger partial charge is 0.129 e. The highest BCUT2D eigenvalue weighted by Gasteiger charge is 1.99. The lowest BCUT2D eigenvalue weighted by Gasteiger charge is -2.08. The number of nitrogens with one attached hydrogen (secondary N) is 1. The van der Waals surface area contributed by atoms with Crippen LogP contribution < -0.4 is 10.1 Å². The number of benzene rings is 1. The topological polar surface area (TPSA) is 30.5 Å². The molecule has 0 saturated carbocycles. The normalized spacial score (nSPS) is 10.5. The molecule has 0 unspecified atom stereocenters. The second-order valence-corrected chi connectivity index (χ2v) is 3.71. The van der Waals surface area contributed by atoms with Gasteiger partial charge in [0.25, 0.3) is 0 Å². The first-order valence-corrected chi connectivity index (χ1v) is 5.91. The molecule has 4 heteroatoms. The first-order chi connectivity index (χ1) is 8.24. The van der Waals surface area contributed by atoms with E-state index < -0.39 is 0 Å². The van der Waals surface area contributed by atoms with Crippen molar-refractivity contribution >= 4 is 0 Å². The van der Waals surface area contributed by atoms with Gasteiger partial charge in [-0.3, -0.25) is 0 Å². The largest absolute Gasteiger partial charge is 0.492 e. The zero-order chi connectivity index (χ0) is 12.5. The van der Waals surface area contributed by atoms with Gasteiger partial charge in [0.15, 0.2) is 0 Å². The first-order valence-electron chi connectivity index (χ1n) is 5.91. The van der Waals surface area contributed by atoms with Gasteiger partial charge in [-0.1, -0.05) is 6.07 Å². The zero-order valence-electron chi connectivity index (χ0n) is 10.5. The van der Waals surface area contributed by atoms with Crippen LogP contribution >= 0.6 is 0 Å². The maximum Gasteiger partial charge on any atom is 0.129 e. The highest BCUT2D eigenvalue weighted by atomic mass is 19.1. The van der Waals surface area contributed by atoms with Crippen LogP contribution in [0.2, 0.25) is 0 Å². The van der Waals surface area contributed by atoms with Crippen LogP contribution in [0.15, 0.2) is 18.2 Å². The highest BCUT2D eigenvalue weighted by molar-refractivity contribution is 5.27. The molecule has 0 heterocycles. The Balaban J connectivity index is 2.11. The standard InChI is InChI=1S/C13H20FNO2/c1-3-16-8-6-15-7-9-17-12-5-4-11(2)13(14)10-12/h4-5,10,15H,3,6-9H2,1-2H3. The maximum atomic E-state index is 13.2. The Labute approximate surface area is 102 Å². The third-order valence-corrected chi connectivity index (χ3v) is 2.32. The monoisotopic (exact) mass is 241 g/mol. The summed E-state index contributed by atoms with van der Waals surface area (Å²) in [5.41, 5.74) is 0.632. The van der Waals surface area contributed by atoms with E-state index in [1.54, 1.807) is 19.1 Å². The second kappa shape index (κ2) is 8.03. The van der Waals surface area contributed by atoms with Crippen molar-refractivity contribution in [1.82, 2.24) is 5.32 Å². The van der Waals surface area contributed by atoms with Crippen molar-refractivity contribution in [2.24, 2.45) is 0 Å². The third-order valence-electron chi connectivity index (χ3n) is 2.32. The maximum absolute atomic E-state index is 13.2. The van der Waals surface area contributed by atoms with E-state index in [-0.39, 0.29) is 5.82 Å². The van der Waals surface area contributed by atoms with Crippen LogP contribution in [0.25, 0.3) is 0 Å². The summed E-state index contributed by atoms with van der Waals surface area (Å²) in [7, 11) is 0. The summed E-state index contributed by atoms with van der Waals surface area (Å²) in [6.45, 7) is 7.19. The minimum absolute atomic E-state index is 0.230. The molecule has 0 atom stereocenters. The van der Waals surface area contributed by atoms with Crippen LogP contribution in [0.3, 0.4) is 0 Å². The Morgan fingerprint density at radius 3 is 2.71 bits per heavy atom. The quantitative estimate of drug-likeness (QED) is 0.707. The number of rotatable bonds is 8. The predicted octanol–water partition coefficient (Wildman–Crippen LogP) is 2.14. The van der Waals surface area contributed by atoms with Gasteiger partial charge in [0.1, 0.15) is 18.2 Å². The van der Waals surface area contributed by atoms with E-state index in [1.165, 1.54) is 6.07 Å². The highest BCUT2D eigenvalue weighted by Crippen LogP contribution is 2.15. The van der Waals surface area contributed by atoms with Crippen LogP contribution in [0.1, 0.15) is 12.5 Å². The third kappa shape index (κ3) is 5.65. The van der Waals surface area contributed by atoms with Crippen molar-refractivity contribution in [1.29, 1.82) is 0 Å². The van der Waals surface area contributed by atoms with Crippen molar-refractivity contribution in [3.63, 3.8) is 0 Å². The van der Waals surface area contributed by atoms with Crippen molar-refractivity contribution < 1.29 is 13.9 Å². The van der Waals surface area contributed by atoms with E-state index in [9.17, 15) is 4.39 Å². The fraction of sp³-hybridized carbons (Fsp3) is 0.538. The molecule has 17 heavy (non-hydrogen) atoms. The van der Waals surface area contributed by atoms with E-state index in [4.69, 9.17) is 9.47 Å². The number of halogens is 1. The molecule has 0 amide bonds. The van der Waals surface area contributed by atoms with Gasteiger partial charge < -0.3 is 14.8 Å². The fourth-order valence-electron chi connectivity index (χ4n) is 1.32. The Hall–Kier alpha value is -1.13. The SMILES string of the molecule is CCOCCNCCOc1ccc(C)c(F)c1. The van der Waals surface area contributed by atoms with E-state index in [0.29, 0.717) is 24.5 Å². The molecule has 1 aromatic rings. The van der Waals surface area contributed by atoms with Gasteiger partial charge in [0.2, 0.25) is 0 Å². The molecule has 1 N–H and O–H groups in total. The first kappa shape index (κ1) is 13.9. The molecule has 0 spiro atoms. The molecular formula is C13H20FNO2. The van der Waals surface area contributed by atoms with Gasteiger partial charge in [-0.2, -0.15) is 0 Å². The lowest BCUT2D eigenvalue weighted by Crippen LogP contribution is -2.25. The second-order valence-electron chi connectivity index (χ2n) is 3.71.